The van der Waals surface area contributed by atoms with Crippen molar-refractivity contribution in [2.45, 2.75) is 70.4 Å². The molecule has 3 aliphatic rings. The monoisotopic (exact) mass is 554 g/mol. The first kappa shape index (κ1) is 25.1. The first-order valence-corrected chi connectivity index (χ1v) is 12.2. The van der Waals surface area contributed by atoms with Crippen LogP contribution < -0.4 is 15.5 Å². The summed E-state index contributed by atoms with van der Waals surface area (Å²) in [7, 11) is 1.81. The van der Waals surface area contributed by atoms with E-state index >= 15 is 0 Å². The van der Waals surface area contributed by atoms with E-state index in [9.17, 15) is 4.79 Å². The lowest BCUT2D eigenvalue weighted by molar-refractivity contribution is -0.134. The minimum atomic E-state index is 0. The van der Waals surface area contributed by atoms with Gasteiger partial charge in [-0.05, 0) is 49.8 Å². The normalized spacial score (nSPS) is 22.4. The van der Waals surface area contributed by atoms with Crippen LogP contribution in [0.3, 0.4) is 0 Å². The molecule has 1 unspecified atom stereocenters. The maximum absolute atomic E-state index is 12.7. The minimum Gasteiger partial charge on any atom is -0.357 e. The van der Waals surface area contributed by atoms with Crippen molar-refractivity contribution in [1.82, 2.24) is 20.5 Å². The van der Waals surface area contributed by atoms with Gasteiger partial charge in [0.05, 0.1) is 0 Å². The summed E-state index contributed by atoms with van der Waals surface area (Å²) in [5.74, 6) is 2.51. The highest BCUT2D eigenvalue weighted by molar-refractivity contribution is 14.0. The van der Waals surface area contributed by atoms with Crippen molar-refractivity contribution in [3.05, 3.63) is 23.9 Å². The highest BCUT2D eigenvalue weighted by Crippen LogP contribution is 2.27. The van der Waals surface area contributed by atoms with Gasteiger partial charge in [0.2, 0.25) is 5.91 Å². The Kier molecular flexibility index (Phi) is 9.87. The van der Waals surface area contributed by atoms with Gasteiger partial charge < -0.3 is 20.4 Å². The van der Waals surface area contributed by atoms with E-state index in [4.69, 9.17) is 0 Å². The molecule has 3 heterocycles. The summed E-state index contributed by atoms with van der Waals surface area (Å²) in [4.78, 5) is 26.2. The van der Waals surface area contributed by atoms with Crippen molar-refractivity contribution in [2.75, 3.05) is 38.1 Å². The SMILES string of the molecule is CN=C(NCc1ccnc(N2CCCCCC2)c1)NC1CCN(C(=O)C2CCCC2)C1.I. The van der Waals surface area contributed by atoms with Crippen molar-refractivity contribution >= 4 is 41.7 Å². The molecule has 1 aliphatic carbocycles. The second kappa shape index (κ2) is 12.6. The summed E-state index contributed by atoms with van der Waals surface area (Å²) in [5.41, 5.74) is 1.21. The van der Waals surface area contributed by atoms with Gasteiger partial charge in [-0.15, -0.1) is 24.0 Å². The van der Waals surface area contributed by atoms with Gasteiger partial charge in [0.15, 0.2) is 5.96 Å². The maximum atomic E-state index is 12.7. The molecule has 1 saturated carbocycles. The van der Waals surface area contributed by atoms with Crippen molar-refractivity contribution in [1.29, 1.82) is 0 Å². The zero-order valence-electron chi connectivity index (χ0n) is 19.4. The van der Waals surface area contributed by atoms with E-state index in [0.29, 0.717) is 12.5 Å². The summed E-state index contributed by atoms with van der Waals surface area (Å²) in [6.45, 7) is 4.55. The van der Waals surface area contributed by atoms with Crippen molar-refractivity contribution in [2.24, 2.45) is 10.9 Å². The zero-order valence-corrected chi connectivity index (χ0v) is 21.7. The Morgan fingerprint density at radius 2 is 1.84 bits per heavy atom. The van der Waals surface area contributed by atoms with Crippen LogP contribution in [0.1, 0.15) is 63.4 Å². The molecule has 1 atom stereocenters. The van der Waals surface area contributed by atoms with Gasteiger partial charge in [0, 0.05) is 57.9 Å². The third kappa shape index (κ3) is 6.71. The number of guanidine groups is 1. The Hall–Kier alpha value is -1.58. The topological polar surface area (TPSA) is 72.9 Å². The molecule has 0 aromatic carbocycles. The van der Waals surface area contributed by atoms with Gasteiger partial charge in [-0.2, -0.15) is 0 Å². The predicted octanol–water partition coefficient (Wildman–Crippen LogP) is 3.54. The molecular formula is C24H39IN6O. The zero-order chi connectivity index (χ0) is 21.5. The van der Waals surface area contributed by atoms with Crippen LogP contribution in [0.5, 0.6) is 0 Å². The second-order valence-corrected chi connectivity index (χ2v) is 9.24. The molecule has 3 fully saturated rings. The van der Waals surface area contributed by atoms with Crippen LogP contribution in [0.2, 0.25) is 0 Å². The molecule has 1 aromatic heterocycles. The smallest absolute Gasteiger partial charge is 0.225 e. The van der Waals surface area contributed by atoms with E-state index in [2.05, 4.69) is 42.5 Å². The van der Waals surface area contributed by atoms with E-state index in [1.165, 1.54) is 44.1 Å². The average Bonchev–Trinajstić information content (AvgIpc) is 3.43. The van der Waals surface area contributed by atoms with Crippen LogP contribution in [-0.2, 0) is 11.3 Å². The molecule has 2 aliphatic heterocycles. The molecule has 1 aromatic rings. The van der Waals surface area contributed by atoms with Gasteiger partial charge in [-0.25, -0.2) is 4.98 Å². The average molecular weight is 555 g/mol. The molecule has 1 amide bonds. The molecule has 8 heteroatoms. The van der Waals surface area contributed by atoms with Crippen LogP contribution in [0.4, 0.5) is 5.82 Å². The number of aliphatic imine (C=N–C) groups is 1. The summed E-state index contributed by atoms with van der Waals surface area (Å²) in [5, 5.41) is 6.96. The number of halogens is 1. The van der Waals surface area contributed by atoms with E-state index in [1.54, 1.807) is 7.05 Å². The third-order valence-electron chi connectivity index (χ3n) is 6.97. The number of amides is 1. The lowest BCUT2D eigenvalue weighted by atomic mass is 10.1. The number of anilines is 1. The van der Waals surface area contributed by atoms with E-state index in [-0.39, 0.29) is 35.9 Å². The number of nitrogens with one attached hydrogen (secondary N) is 2. The number of carbonyl (C=O) groups is 1. The van der Waals surface area contributed by atoms with Gasteiger partial charge >= 0.3 is 0 Å². The lowest BCUT2D eigenvalue weighted by Gasteiger charge is -2.22. The highest BCUT2D eigenvalue weighted by Gasteiger charge is 2.32. The Labute approximate surface area is 209 Å². The van der Waals surface area contributed by atoms with Crippen molar-refractivity contribution in [3.63, 3.8) is 0 Å². The molecule has 2 N–H and O–H groups in total. The number of carbonyl (C=O) groups excluding carboxylic acids is 1. The summed E-state index contributed by atoms with van der Waals surface area (Å²) in [6.07, 6.45) is 12.6. The maximum Gasteiger partial charge on any atom is 0.225 e. The Balaban J connectivity index is 0.00000289. The number of hydrogen-bond acceptors (Lipinski definition) is 4. The van der Waals surface area contributed by atoms with Crippen molar-refractivity contribution < 1.29 is 4.79 Å². The van der Waals surface area contributed by atoms with Crippen LogP contribution in [0, 0.1) is 5.92 Å². The largest absolute Gasteiger partial charge is 0.357 e. The quantitative estimate of drug-likeness (QED) is 0.331. The first-order valence-electron chi connectivity index (χ1n) is 12.2. The Bertz CT molecular complexity index is 759. The van der Waals surface area contributed by atoms with Gasteiger partial charge in [0.25, 0.3) is 0 Å². The first-order chi connectivity index (χ1) is 15.2. The van der Waals surface area contributed by atoms with E-state index in [0.717, 1.165) is 57.2 Å². The number of nitrogens with zero attached hydrogens (tertiary/aromatic N) is 4. The summed E-state index contributed by atoms with van der Waals surface area (Å²) >= 11 is 0. The number of likely N-dealkylation sites (tertiary alicyclic amines) is 1. The molecule has 0 radical (unpaired) electrons. The molecule has 4 rings (SSSR count). The Morgan fingerprint density at radius 1 is 1.09 bits per heavy atom. The van der Waals surface area contributed by atoms with Gasteiger partial charge in [-0.3, -0.25) is 9.79 Å². The number of rotatable bonds is 5. The van der Waals surface area contributed by atoms with Crippen LogP contribution in [0.15, 0.2) is 23.3 Å². The number of pyridine rings is 1. The lowest BCUT2D eigenvalue weighted by Crippen LogP contribution is -2.45. The molecule has 0 spiro atoms. The fourth-order valence-corrected chi connectivity index (χ4v) is 5.13. The van der Waals surface area contributed by atoms with Crippen LogP contribution in [-0.4, -0.2) is 61.0 Å². The van der Waals surface area contributed by atoms with Crippen molar-refractivity contribution in [3.8, 4) is 0 Å². The van der Waals surface area contributed by atoms with Crippen LogP contribution >= 0.6 is 24.0 Å². The number of hydrogen-bond donors (Lipinski definition) is 2. The molecule has 7 nitrogen and oxygen atoms in total. The van der Waals surface area contributed by atoms with Gasteiger partial charge in [0.1, 0.15) is 5.82 Å². The molecular weight excluding hydrogens is 515 g/mol. The predicted molar refractivity (Wildman–Crippen MR) is 141 cm³/mol. The second-order valence-electron chi connectivity index (χ2n) is 9.24. The molecule has 0 bridgehead atoms. The molecule has 178 valence electrons. The highest BCUT2D eigenvalue weighted by atomic mass is 127. The van der Waals surface area contributed by atoms with Crippen LogP contribution in [0.25, 0.3) is 0 Å². The fourth-order valence-electron chi connectivity index (χ4n) is 5.13. The molecule has 2 saturated heterocycles. The standard InChI is InChI=1S/C24H38N6O.HI/c1-25-24(28-21-11-15-30(18-21)23(31)20-8-4-5-9-20)27-17-19-10-12-26-22(16-19)29-13-6-2-3-7-14-29;/h10,12,16,20-21H,2-9,11,13-15,17-18H2,1H3,(H2,25,27,28);1H. The number of aromatic nitrogens is 1. The van der Waals surface area contributed by atoms with Gasteiger partial charge in [-0.1, -0.05) is 25.7 Å². The van der Waals surface area contributed by atoms with E-state index in [1.807, 2.05) is 6.20 Å². The minimum absolute atomic E-state index is 0. The van der Waals surface area contributed by atoms with E-state index < -0.39 is 0 Å². The summed E-state index contributed by atoms with van der Waals surface area (Å²) < 4.78 is 0. The third-order valence-corrected chi connectivity index (χ3v) is 6.97. The Morgan fingerprint density at radius 3 is 2.56 bits per heavy atom. The summed E-state index contributed by atoms with van der Waals surface area (Å²) in [6, 6.07) is 4.53. The molecule has 32 heavy (non-hydrogen) atoms. The fraction of sp³-hybridized carbons (Fsp3) is 0.708.